The molecule has 0 aliphatic heterocycles. The third-order valence-electron chi connectivity index (χ3n) is 3.21. The Morgan fingerprint density at radius 1 is 1.10 bits per heavy atom. The van der Waals surface area contributed by atoms with Crippen molar-refractivity contribution < 1.29 is 9.53 Å². The highest BCUT2D eigenvalue weighted by Crippen LogP contribution is 2.13. The minimum atomic E-state index is 0.0213. The van der Waals surface area contributed by atoms with E-state index in [9.17, 15) is 4.79 Å². The minimum Gasteiger partial charge on any atom is -0.369 e. The Morgan fingerprint density at radius 2 is 1.86 bits per heavy atom. The molecule has 0 fully saturated rings. The zero-order chi connectivity index (χ0) is 15.1. The molecule has 21 heavy (non-hydrogen) atoms. The van der Waals surface area contributed by atoms with Gasteiger partial charge in [0.1, 0.15) is 6.61 Å². The number of ketones is 1. The van der Waals surface area contributed by atoms with E-state index in [1.807, 2.05) is 48.5 Å². The molecule has 0 aliphatic carbocycles. The maximum Gasteiger partial charge on any atom is 0.188 e. The van der Waals surface area contributed by atoms with E-state index in [2.05, 4.69) is 22.9 Å². The van der Waals surface area contributed by atoms with E-state index in [-0.39, 0.29) is 12.4 Å². The van der Waals surface area contributed by atoms with Crippen molar-refractivity contribution in [1.82, 2.24) is 0 Å². The second-order valence-electron chi connectivity index (χ2n) is 4.99. The lowest BCUT2D eigenvalue weighted by Crippen LogP contribution is -2.09. The first-order valence-electron chi connectivity index (χ1n) is 7.13. The number of halogens is 1. The molecule has 0 spiro atoms. The molecule has 0 N–H and O–H groups in total. The van der Waals surface area contributed by atoms with Crippen molar-refractivity contribution in [2.24, 2.45) is 0 Å². The van der Waals surface area contributed by atoms with Crippen molar-refractivity contribution >= 4 is 21.7 Å². The van der Waals surface area contributed by atoms with E-state index in [4.69, 9.17) is 4.74 Å². The number of Topliss-reactive ketones (excluding diaryl/α,β-unsaturated/α-hetero) is 1. The number of carbonyl (C=O) groups excluding carboxylic acids is 1. The molecule has 0 heterocycles. The zero-order valence-electron chi connectivity index (χ0n) is 12.1. The Kier molecular flexibility index (Phi) is 6.15. The maximum atomic E-state index is 12.0. The largest absolute Gasteiger partial charge is 0.369 e. The van der Waals surface area contributed by atoms with Gasteiger partial charge in [-0.3, -0.25) is 4.79 Å². The first-order chi connectivity index (χ1) is 10.2. The highest BCUT2D eigenvalue weighted by Gasteiger charge is 2.06. The minimum absolute atomic E-state index is 0.0213. The summed E-state index contributed by atoms with van der Waals surface area (Å²) in [6, 6.07) is 15.7. The molecule has 2 nitrogen and oxygen atoms in total. The van der Waals surface area contributed by atoms with Crippen LogP contribution in [0.5, 0.6) is 0 Å². The van der Waals surface area contributed by atoms with Crippen LogP contribution in [-0.4, -0.2) is 12.4 Å². The lowest BCUT2D eigenvalue weighted by molar-refractivity contribution is 0.0726. The molecule has 0 radical (unpaired) electrons. The standard InChI is InChI=1S/C18H19BrO2/c1-2-4-14-7-9-16(10-8-14)18(20)13-21-12-15-5-3-6-17(19)11-15/h3,5-11H,2,4,12-13H2,1H3. The number of hydrogen-bond donors (Lipinski definition) is 0. The second-order valence-corrected chi connectivity index (χ2v) is 5.91. The van der Waals surface area contributed by atoms with Crippen molar-refractivity contribution in [3.63, 3.8) is 0 Å². The first-order valence-corrected chi connectivity index (χ1v) is 7.92. The molecular formula is C18H19BrO2. The van der Waals surface area contributed by atoms with E-state index in [0.29, 0.717) is 12.2 Å². The molecule has 2 aromatic carbocycles. The molecule has 3 heteroatoms. The fourth-order valence-corrected chi connectivity index (χ4v) is 2.56. The van der Waals surface area contributed by atoms with Gasteiger partial charge in [0, 0.05) is 10.0 Å². The predicted molar refractivity (Wildman–Crippen MR) is 88.6 cm³/mol. The highest BCUT2D eigenvalue weighted by atomic mass is 79.9. The van der Waals surface area contributed by atoms with Crippen LogP contribution in [0.3, 0.4) is 0 Å². The number of benzene rings is 2. The van der Waals surface area contributed by atoms with E-state index >= 15 is 0 Å². The van der Waals surface area contributed by atoms with Gasteiger partial charge in [-0.2, -0.15) is 0 Å². The Balaban J connectivity index is 1.84. The highest BCUT2D eigenvalue weighted by molar-refractivity contribution is 9.10. The average Bonchev–Trinajstić information content (AvgIpc) is 2.48. The third-order valence-corrected chi connectivity index (χ3v) is 3.70. The van der Waals surface area contributed by atoms with Gasteiger partial charge in [0.05, 0.1) is 6.61 Å². The summed E-state index contributed by atoms with van der Waals surface area (Å²) in [6.07, 6.45) is 2.16. The summed E-state index contributed by atoms with van der Waals surface area (Å²) in [6.45, 7) is 2.70. The molecule has 0 amide bonds. The monoisotopic (exact) mass is 346 g/mol. The molecule has 110 valence electrons. The van der Waals surface area contributed by atoms with Crippen molar-refractivity contribution in [3.8, 4) is 0 Å². The van der Waals surface area contributed by atoms with Gasteiger partial charge >= 0.3 is 0 Å². The van der Waals surface area contributed by atoms with Crippen LogP contribution >= 0.6 is 15.9 Å². The molecule has 0 bridgehead atoms. The molecule has 0 saturated carbocycles. The molecule has 0 aliphatic rings. The summed E-state index contributed by atoms with van der Waals surface area (Å²) >= 11 is 3.42. The fraction of sp³-hybridized carbons (Fsp3) is 0.278. The Morgan fingerprint density at radius 3 is 2.52 bits per heavy atom. The second kappa shape index (κ2) is 8.11. The van der Waals surface area contributed by atoms with Crippen LogP contribution < -0.4 is 0 Å². The summed E-state index contributed by atoms with van der Waals surface area (Å²) in [5.74, 6) is 0.0213. The zero-order valence-corrected chi connectivity index (χ0v) is 13.7. The lowest BCUT2D eigenvalue weighted by Gasteiger charge is -2.05. The number of aryl methyl sites for hydroxylation is 1. The summed E-state index contributed by atoms with van der Waals surface area (Å²) < 4.78 is 6.51. The van der Waals surface area contributed by atoms with Crippen LogP contribution in [-0.2, 0) is 17.8 Å². The van der Waals surface area contributed by atoms with Gasteiger partial charge in [-0.1, -0.05) is 65.7 Å². The molecule has 0 aromatic heterocycles. The van der Waals surface area contributed by atoms with E-state index < -0.39 is 0 Å². The molecule has 0 unspecified atom stereocenters. The fourth-order valence-electron chi connectivity index (χ4n) is 2.12. The molecule has 2 rings (SSSR count). The van der Waals surface area contributed by atoms with Crippen LogP contribution in [0.15, 0.2) is 53.0 Å². The predicted octanol–water partition coefficient (Wildman–Crippen LogP) is 4.80. The van der Waals surface area contributed by atoms with Gasteiger partial charge < -0.3 is 4.74 Å². The van der Waals surface area contributed by atoms with Crippen molar-refractivity contribution in [1.29, 1.82) is 0 Å². The topological polar surface area (TPSA) is 26.3 Å². The number of rotatable bonds is 7. The summed E-state index contributed by atoms with van der Waals surface area (Å²) in [5, 5.41) is 0. The maximum absolute atomic E-state index is 12.0. The molecular weight excluding hydrogens is 328 g/mol. The normalized spacial score (nSPS) is 10.6. The van der Waals surface area contributed by atoms with Crippen LogP contribution in [0.4, 0.5) is 0 Å². The van der Waals surface area contributed by atoms with Crippen molar-refractivity contribution in [3.05, 3.63) is 69.7 Å². The Labute approximate surface area is 134 Å². The molecule has 2 aromatic rings. The lowest BCUT2D eigenvalue weighted by atomic mass is 10.1. The van der Waals surface area contributed by atoms with Gasteiger partial charge in [-0.05, 0) is 29.7 Å². The van der Waals surface area contributed by atoms with E-state index in [1.165, 1.54) is 5.56 Å². The van der Waals surface area contributed by atoms with E-state index in [0.717, 1.165) is 22.9 Å². The van der Waals surface area contributed by atoms with Crippen molar-refractivity contribution in [2.45, 2.75) is 26.4 Å². The number of carbonyl (C=O) groups is 1. The molecule has 0 saturated heterocycles. The van der Waals surface area contributed by atoms with Crippen LogP contribution in [0.25, 0.3) is 0 Å². The summed E-state index contributed by atoms with van der Waals surface area (Å²) in [5.41, 5.74) is 3.03. The first kappa shape index (κ1) is 15.9. The quantitative estimate of drug-likeness (QED) is 0.673. The van der Waals surface area contributed by atoms with Gasteiger partial charge in [0.15, 0.2) is 5.78 Å². The summed E-state index contributed by atoms with van der Waals surface area (Å²) in [7, 11) is 0. The van der Waals surface area contributed by atoms with Gasteiger partial charge in [-0.15, -0.1) is 0 Å². The van der Waals surface area contributed by atoms with Crippen molar-refractivity contribution in [2.75, 3.05) is 6.61 Å². The van der Waals surface area contributed by atoms with Gasteiger partial charge in [0.2, 0.25) is 0 Å². The van der Waals surface area contributed by atoms with Crippen LogP contribution in [0.2, 0.25) is 0 Å². The number of ether oxygens (including phenoxy) is 1. The Bertz CT molecular complexity index is 590. The molecule has 0 atom stereocenters. The SMILES string of the molecule is CCCc1ccc(C(=O)COCc2cccc(Br)c2)cc1. The van der Waals surface area contributed by atoms with Gasteiger partial charge in [-0.25, -0.2) is 0 Å². The third kappa shape index (κ3) is 5.10. The van der Waals surface area contributed by atoms with E-state index in [1.54, 1.807) is 0 Å². The summed E-state index contributed by atoms with van der Waals surface area (Å²) in [4.78, 5) is 12.0. The number of hydrogen-bond acceptors (Lipinski definition) is 2. The van der Waals surface area contributed by atoms with Gasteiger partial charge in [0.25, 0.3) is 0 Å². The smallest absolute Gasteiger partial charge is 0.188 e. The van der Waals surface area contributed by atoms with Crippen LogP contribution in [0, 0.1) is 0 Å². The average molecular weight is 347 g/mol. The Hall–Kier alpha value is -1.45. The van der Waals surface area contributed by atoms with Crippen LogP contribution in [0.1, 0.15) is 34.8 Å².